The summed E-state index contributed by atoms with van der Waals surface area (Å²) >= 11 is 5.79. The van der Waals surface area contributed by atoms with Crippen LogP contribution in [0.25, 0.3) is 0 Å². The normalized spacial score (nSPS) is 18.6. The minimum atomic E-state index is -1.10. The molecule has 0 radical (unpaired) electrons. The number of carboxylic acid groups (broad SMARTS) is 1. The number of halogens is 1. The van der Waals surface area contributed by atoms with Crippen molar-refractivity contribution in [2.24, 2.45) is 0 Å². The van der Waals surface area contributed by atoms with Crippen molar-refractivity contribution in [3.8, 4) is 0 Å². The molecular formula is C11H13ClN4O4. The van der Waals surface area contributed by atoms with Crippen molar-refractivity contribution in [2.45, 2.75) is 18.9 Å². The molecule has 8 nitrogen and oxygen atoms in total. The molecule has 1 saturated heterocycles. The number of anilines is 1. The van der Waals surface area contributed by atoms with E-state index >= 15 is 0 Å². The maximum absolute atomic E-state index is 11.0. The van der Waals surface area contributed by atoms with Gasteiger partial charge in [-0.1, -0.05) is 11.6 Å². The first-order chi connectivity index (χ1) is 9.47. The summed E-state index contributed by atoms with van der Waals surface area (Å²) in [4.78, 5) is 26.6. The summed E-state index contributed by atoms with van der Waals surface area (Å²) in [5.41, 5.74) is 0.234. The molecule has 1 aliphatic rings. The molecule has 9 heteroatoms. The molecule has 2 rings (SSSR count). The molecule has 1 aromatic heterocycles. The van der Waals surface area contributed by atoms with Crippen molar-refractivity contribution in [3.05, 3.63) is 27.5 Å². The van der Waals surface area contributed by atoms with Gasteiger partial charge in [0, 0.05) is 25.2 Å². The van der Waals surface area contributed by atoms with E-state index in [1.807, 2.05) is 0 Å². The van der Waals surface area contributed by atoms with Crippen LogP contribution in [0.2, 0.25) is 5.15 Å². The van der Waals surface area contributed by atoms with Crippen molar-refractivity contribution in [1.29, 1.82) is 0 Å². The Morgan fingerprint density at radius 1 is 1.65 bits per heavy atom. The van der Waals surface area contributed by atoms with Crippen LogP contribution >= 0.6 is 11.6 Å². The van der Waals surface area contributed by atoms with Gasteiger partial charge >= 0.3 is 11.8 Å². The number of rotatable bonds is 3. The summed E-state index contributed by atoms with van der Waals surface area (Å²) in [5.74, 6) is 0. The summed E-state index contributed by atoms with van der Waals surface area (Å²) in [6, 6.07) is 1.18. The van der Waals surface area contributed by atoms with E-state index in [1.165, 1.54) is 6.07 Å². The molecule has 20 heavy (non-hydrogen) atoms. The summed E-state index contributed by atoms with van der Waals surface area (Å²) in [6.07, 6.45) is 1.46. The Kier molecular flexibility index (Phi) is 4.23. The minimum absolute atomic E-state index is 0.134. The van der Waals surface area contributed by atoms with Crippen LogP contribution in [0.15, 0.2) is 12.3 Å². The molecule has 2 heterocycles. The first-order valence-electron chi connectivity index (χ1n) is 6.01. The van der Waals surface area contributed by atoms with E-state index in [0.717, 1.165) is 12.6 Å². The highest BCUT2D eigenvalue weighted by Gasteiger charge is 2.26. The molecule has 0 saturated carbocycles. The van der Waals surface area contributed by atoms with Crippen molar-refractivity contribution < 1.29 is 14.8 Å². The molecule has 0 bridgehead atoms. The van der Waals surface area contributed by atoms with Crippen LogP contribution in [-0.2, 0) is 0 Å². The van der Waals surface area contributed by atoms with Gasteiger partial charge in [0.15, 0.2) is 0 Å². The van der Waals surface area contributed by atoms with E-state index in [0.29, 0.717) is 25.2 Å². The minimum Gasteiger partial charge on any atom is -0.465 e. The fourth-order valence-corrected chi connectivity index (χ4v) is 2.45. The SMILES string of the molecule is O=C(O)N[C@H]1CCCN(c2cc(Cl)ncc2[N+](=O)[O-])C1. The number of nitrogens with zero attached hydrogens (tertiary/aromatic N) is 3. The number of carbonyl (C=O) groups is 1. The van der Waals surface area contributed by atoms with Gasteiger partial charge in [0.1, 0.15) is 17.0 Å². The highest BCUT2D eigenvalue weighted by atomic mass is 35.5. The highest BCUT2D eigenvalue weighted by molar-refractivity contribution is 6.29. The maximum Gasteiger partial charge on any atom is 0.404 e. The van der Waals surface area contributed by atoms with Gasteiger partial charge in [-0.05, 0) is 12.8 Å². The number of hydrogen-bond donors (Lipinski definition) is 2. The summed E-state index contributed by atoms with van der Waals surface area (Å²) in [7, 11) is 0. The fourth-order valence-electron chi connectivity index (χ4n) is 2.30. The van der Waals surface area contributed by atoms with E-state index in [2.05, 4.69) is 10.3 Å². The lowest BCUT2D eigenvalue weighted by molar-refractivity contribution is -0.384. The second-order valence-electron chi connectivity index (χ2n) is 4.49. The molecule has 1 aromatic rings. The Morgan fingerprint density at radius 2 is 2.40 bits per heavy atom. The number of amides is 1. The van der Waals surface area contributed by atoms with Gasteiger partial charge in [-0.2, -0.15) is 0 Å². The van der Waals surface area contributed by atoms with Crippen molar-refractivity contribution >= 4 is 29.1 Å². The topological polar surface area (TPSA) is 109 Å². The molecular weight excluding hydrogens is 288 g/mol. The third-order valence-corrected chi connectivity index (χ3v) is 3.32. The van der Waals surface area contributed by atoms with Crippen LogP contribution in [0.1, 0.15) is 12.8 Å². The van der Waals surface area contributed by atoms with Crippen LogP contribution in [0.5, 0.6) is 0 Å². The summed E-state index contributed by atoms with van der Waals surface area (Å²) < 4.78 is 0. The largest absolute Gasteiger partial charge is 0.465 e. The van der Waals surface area contributed by atoms with E-state index in [9.17, 15) is 14.9 Å². The zero-order chi connectivity index (χ0) is 14.7. The summed E-state index contributed by atoms with van der Waals surface area (Å²) in [6.45, 7) is 0.979. The fraction of sp³-hybridized carbons (Fsp3) is 0.455. The Labute approximate surface area is 119 Å². The molecule has 0 aliphatic carbocycles. The molecule has 0 spiro atoms. The molecule has 2 N–H and O–H groups in total. The zero-order valence-corrected chi connectivity index (χ0v) is 11.2. The van der Waals surface area contributed by atoms with Gasteiger partial charge in [0.25, 0.3) is 0 Å². The number of aromatic nitrogens is 1. The monoisotopic (exact) mass is 300 g/mol. The van der Waals surface area contributed by atoms with Gasteiger partial charge in [0.2, 0.25) is 0 Å². The van der Waals surface area contributed by atoms with Crippen molar-refractivity contribution in [2.75, 3.05) is 18.0 Å². The smallest absolute Gasteiger partial charge is 0.404 e. The average molecular weight is 301 g/mol. The third-order valence-electron chi connectivity index (χ3n) is 3.11. The van der Waals surface area contributed by atoms with E-state index in [4.69, 9.17) is 16.7 Å². The number of pyridine rings is 1. The van der Waals surface area contributed by atoms with Crippen LogP contribution in [0, 0.1) is 10.1 Å². The Morgan fingerprint density at radius 3 is 3.05 bits per heavy atom. The molecule has 1 amide bonds. The van der Waals surface area contributed by atoms with E-state index in [1.54, 1.807) is 4.90 Å². The first kappa shape index (κ1) is 14.3. The maximum atomic E-state index is 11.0. The third kappa shape index (κ3) is 3.27. The molecule has 1 fully saturated rings. The molecule has 108 valence electrons. The van der Waals surface area contributed by atoms with Gasteiger partial charge in [-0.15, -0.1) is 0 Å². The van der Waals surface area contributed by atoms with Crippen LogP contribution < -0.4 is 10.2 Å². The molecule has 1 atom stereocenters. The number of nitrogens with one attached hydrogen (secondary N) is 1. The van der Waals surface area contributed by atoms with E-state index in [-0.39, 0.29) is 16.9 Å². The van der Waals surface area contributed by atoms with Crippen LogP contribution in [0.3, 0.4) is 0 Å². The Bertz CT molecular complexity index is 539. The van der Waals surface area contributed by atoms with Crippen LogP contribution in [0.4, 0.5) is 16.2 Å². The Balaban J connectivity index is 2.24. The average Bonchev–Trinajstić information content (AvgIpc) is 2.37. The Hall–Kier alpha value is -2.09. The number of piperidine rings is 1. The predicted octanol–water partition coefficient (Wildman–Crippen LogP) is 1.88. The number of hydrogen-bond acceptors (Lipinski definition) is 5. The number of nitro groups is 1. The first-order valence-corrected chi connectivity index (χ1v) is 6.39. The van der Waals surface area contributed by atoms with Crippen LogP contribution in [-0.4, -0.2) is 40.2 Å². The summed E-state index contributed by atoms with van der Waals surface area (Å²) in [5, 5.41) is 22.3. The molecule has 0 aromatic carbocycles. The second-order valence-corrected chi connectivity index (χ2v) is 4.87. The van der Waals surface area contributed by atoms with Crippen molar-refractivity contribution in [1.82, 2.24) is 10.3 Å². The van der Waals surface area contributed by atoms with Crippen molar-refractivity contribution in [3.63, 3.8) is 0 Å². The van der Waals surface area contributed by atoms with Gasteiger partial charge < -0.3 is 15.3 Å². The lowest BCUT2D eigenvalue weighted by Crippen LogP contribution is -2.47. The van der Waals surface area contributed by atoms with Gasteiger partial charge in [-0.25, -0.2) is 9.78 Å². The van der Waals surface area contributed by atoms with Gasteiger partial charge in [-0.3, -0.25) is 10.1 Å². The molecule has 1 aliphatic heterocycles. The van der Waals surface area contributed by atoms with Gasteiger partial charge in [0.05, 0.1) is 4.92 Å². The lowest BCUT2D eigenvalue weighted by Gasteiger charge is -2.33. The van der Waals surface area contributed by atoms with E-state index < -0.39 is 11.0 Å². The highest BCUT2D eigenvalue weighted by Crippen LogP contribution is 2.31. The second kappa shape index (κ2) is 5.91. The lowest BCUT2D eigenvalue weighted by atomic mass is 10.1. The molecule has 0 unspecified atom stereocenters. The standard InChI is InChI=1S/C11H13ClN4O4/c12-10-4-8(9(5-13-10)16(19)20)15-3-1-2-7(6-15)14-11(17)18/h4-5,7,14H,1-3,6H2,(H,17,18)/t7-/m0/s1. The quantitative estimate of drug-likeness (QED) is 0.501. The zero-order valence-electron chi connectivity index (χ0n) is 10.5. The predicted molar refractivity (Wildman–Crippen MR) is 72.3 cm³/mol.